The maximum absolute atomic E-state index is 12.5. The van der Waals surface area contributed by atoms with Crippen LogP contribution in [0, 0.1) is 0 Å². The first-order valence-electron chi connectivity index (χ1n) is 9.19. The number of benzene rings is 1. The van der Waals surface area contributed by atoms with Gasteiger partial charge in [0.1, 0.15) is 0 Å². The molecule has 0 bridgehead atoms. The van der Waals surface area contributed by atoms with Crippen LogP contribution in [-0.4, -0.2) is 72.2 Å². The van der Waals surface area contributed by atoms with Crippen molar-refractivity contribution in [3.05, 3.63) is 41.3 Å². The van der Waals surface area contributed by atoms with Crippen LogP contribution in [0.25, 0.3) is 6.08 Å². The largest absolute Gasteiger partial charge is 0.360 e. The molecule has 0 aliphatic carbocycles. The second-order valence-corrected chi connectivity index (χ2v) is 10.2. The molecule has 1 N–H and O–H groups in total. The van der Waals surface area contributed by atoms with E-state index in [-0.39, 0.29) is 11.7 Å². The normalized spacial score (nSPS) is 15.7. The highest BCUT2D eigenvalue weighted by atomic mass is 32.2. The van der Waals surface area contributed by atoms with E-state index in [2.05, 4.69) is 15.5 Å². The van der Waals surface area contributed by atoms with Gasteiger partial charge in [-0.15, -0.1) is 10.2 Å². The molecule has 2 heterocycles. The van der Waals surface area contributed by atoms with Gasteiger partial charge in [-0.1, -0.05) is 53.4 Å². The van der Waals surface area contributed by atoms with Crippen molar-refractivity contribution in [3.63, 3.8) is 0 Å². The molecule has 2 aromatic rings. The molecule has 156 valence electrons. The quantitative estimate of drug-likeness (QED) is 0.612. The highest BCUT2D eigenvalue weighted by molar-refractivity contribution is 8.01. The van der Waals surface area contributed by atoms with E-state index < -0.39 is 10.0 Å². The van der Waals surface area contributed by atoms with Gasteiger partial charge in [-0.2, -0.15) is 4.31 Å². The molecule has 3 rings (SSSR count). The molecule has 0 radical (unpaired) electrons. The minimum Gasteiger partial charge on any atom is -0.360 e. The van der Waals surface area contributed by atoms with Crippen molar-refractivity contribution in [1.29, 1.82) is 0 Å². The molecular weight excluding hydrogens is 430 g/mol. The molecule has 29 heavy (non-hydrogen) atoms. The maximum Gasteiger partial charge on any atom is 0.236 e. The Kier molecular flexibility index (Phi) is 7.64. The lowest BCUT2D eigenvalue weighted by molar-refractivity contribution is -0.129. The number of piperazine rings is 1. The Hall–Kier alpha value is -1.95. The molecule has 0 saturated carbocycles. The van der Waals surface area contributed by atoms with Crippen LogP contribution < -0.4 is 5.32 Å². The van der Waals surface area contributed by atoms with E-state index in [1.54, 1.807) is 11.0 Å². The van der Waals surface area contributed by atoms with Gasteiger partial charge in [0.05, 0.1) is 5.75 Å². The zero-order chi connectivity index (χ0) is 20.7. The van der Waals surface area contributed by atoms with Gasteiger partial charge in [-0.05, 0) is 18.6 Å². The van der Waals surface area contributed by atoms with Crippen LogP contribution in [0.5, 0.6) is 0 Å². The molecular formula is C18H23N5O3S3. The molecule has 1 aromatic heterocycles. The van der Waals surface area contributed by atoms with Gasteiger partial charge in [0.25, 0.3) is 0 Å². The smallest absolute Gasteiger partial charge is 0.236 e. The Bertz CT molecular complexity index is 939. The molecule has 1 amide bonds. The average molecular weight is 454 g/mol. The van der Waals surface area contributed by atoms with Gasteiger partial charge in [-0.25, -0.2) is 8.42 Å². The third kappa shape index (κ3) is 6.26. The zero-order valence-electron chi connectivity index (χ0n) is 16.0. The number of carbonyl (C=O) groups excluding carboxylic acids is 1. The molecule has 1 aliphatic rings. The van der Waals surface area contributed by atoms with E-state index in [1.807, 2.05) is 37.3 Å². The average Bonchev–Trinajstić information content (AvgIpc) is 3.19. The van der Waals surface area contributed by atoms with E-state index in [0.717, 1.165) is 21.6 Å². The number of thioether (sulfide) groups is 1. The maximum atomic E-state index is 12.5. The molecule has 0 atom stereocenters. The predicted molar refractivity (Wildman–Crippen MR) is 117 cm³/mol. The van der Waals surface area contributed by atoms with E-state index in [1.165, 1.54) is 32.8 Å². The van der Waals surface area contributed by atoms with Crippen LogP contribution >= 0.6 is 23.1 Å². The molecule has 1 fully saturated rings. The van der Waals surface area contributed by atoms with E-state index in [4.69, 9.17) is 0 Å². The lowest BCUT2D eigenvalue weighted by Crippen LogP contribution is -2.50. The SMILES string of the molecule is CCNc1nnc(SCC(=O)N2CCN(S(=O)(=O)/C=C/c3ccccc3)CC2)s1. The first-order valence-corrected chi connectivity index (χ1v) is 12.5. The highest BCUT2D eigenvalue weighted by Crippen LogP contribution is 2.25. The number of aromatic nitrogens is 2. The number of hydrogen-bond acceptors (Lipinski definition) is 8. The van der Waals surface area contributed by atoms with Crippen molar-refractivity contribution in [2.45, 2.75) is 11.3 Å². The molecule has 8 nitrogen and oxygen atoms in total. The van der Waals surface area contributed by atoms with E-state index >= 15 is 0 Å². The molecule has 1 aliphatic heterocycles. The summed E-state index contributed by atoms with van der Waals surface area (Å²) in [6.45, 7) is 4.11. The summed E-state index contributed by atoms with van der Waals surface area (Å²) in [7, 11) is -3.50. The summed E-state index contributed by atoms with van der Waals surface area (Å²) in [5, 5.41) is 13.1. The van der Waals surface area contributed by atoms with Crippen molar-refractivity contribution in [1.82, 2.24) is 19.4 Å². The van der Waals surface area contributed by atoms with Crippen LogP contribution in [0.15, 0.2) is 40.1 Å². The van der Waals surface area contributed by atoms with Crippen molar-refractivity contribution in [2.75, 3.05) is 43.8 Å². The topological polar surface area (TPSA) is 95.5 Å². The summed E-state index contributed by atoms with van der Waals surface area (Å²) in [5.74, 6) is 0.244. The van der Waals surface area contributed by atoms with Crippen LogP contribution in [0.2, 0.25) is 0 Å². The Labute approximate surface area is 179 Å². The summed E-state index contributed by atoms with van der Waals surface area (Å²) in [4.78, 5) is 14.1. The Morgan fingerprint density at radius 1 is 1.21 bits per heavy atom. The monoisotopic (exact) mass is 453 g/mol. The second-order valence-electron chi connectivity index (χ2n) is 6.23. The number of amides is 1. The lowest BCUT2D eigenvalue weighted by Gasteiger charge is -2.33. The summed E-state index contributed by atoms with van der Waals surface area (Å²) < 4.78 is 27.2. The first kappa shape index (κ1) is 21.8. The molecule has 0 spiro atoms. The van der Waals surface area contributed by atoms with Crippen molar-refractivity contribution < 1.29 is 13.2 Å². The van der Waals surface area contributed by atoms with Crippen molar-refractivity contribution >= 4 is 50.2 Å². The number of rotatable bonds is 8. The summed E-state index contributed by atoms with van der Waals surface area (Å²) >= 11 is 2.77. The van der Waals surface area contributed by atoms with Crippen LogP contribution in [0.1, 0.15) is 12.5 Å². The fourth-order valence-electron chi connectivity index (χ4n) is 2.71. The van der Waals surface area contributed by atoms with Crippen molar-refractivity contribution in [3.8, 4) is 0 Å². The Balaban J connectivity index is 1.47. The van der Waals surface area contributed by atoms with Crippen LogP contribution in [0.3, 0.4) is 0 Å². The lowest BCUT2D eigenvalue weighted by atomic mass is 10.2. The number of nitrogens with one attached hydrogen (secondary N) is 1. The van der Waals surface area contributed by atoms with Gasteiger partial charge >= 0.3 is 0 Å². The third-order valence-corrected chi connectivity index (χ3v) is 7.80. The number of anilines is 1. The molecule has 11 heteroatoms. The Morgan fingerprint density at radius 2 is 1.93 bits per heavy atom. The van der Waals surface area contributed by atoms with Crippen molar-refractivity contribution in [2.24, 2.45) is 0 Å². The fourth-order valence-corrected chi connectivity index (χ4v) is 5.61. The van der Waals surface area contributed by atoms with Gasteiger partial charge in [0.2, 0.25) is 21.1 Å². The first-order chi connectivity index (χ1) is 14.0. The predicted octanol–water partition coefficient (Wildman–Crippen LogP) is 2.21. The fraction of sp³-hybridized carbons (Fsp3) is 0.389. The van der Waals surface area contributed by atoms with Gasteiger partial charge in [0, 0.05) is 38.1 Å². The second kappa shape index (κ2) is 10.2. The van der Waals surface area contributed by atoms with Gasteiger partial charge in [-0.3, -0.25) is 4.79 Å². The highest BCUT2D eigenvalue weighted by Gasteiger charge is 2.27. The molecule has 1 aromatic carbocycles. The molecule has 0 unspecified atom stereocenters. The number of nitrogens with zero attached hydrogens (tertiary/aromatic N) is 4. The number of sulfonamides is 1. The Morgan fingerprint density at radius 3 is 2.62 bits per heavy atom. The van der Waals surface area contributed by atoms with Crippen LogP contribution in [-0.2, 0) is 14.8 Å². The zero-order valence-corrected chi connectivity index (χ0v) is 18.5. The minimum absolute atomic E-state index is 0.0212. The number of hydrogen-bond donors (Lipinski definition) is 1. The standard InChI is InChI=1S/C18H23N5O3S3/c1-2-19-17-20-21-18(28-17)27-14-16(24)22-9-11-23(12-10-22)29(25,26)13-8-15-6-4-3-5-7-15/h3-8,13H,2,9-12,14H2,1H3,(H,19,20)/b13-8+. The number of carbonyl (C=O) groups is 1. The van der Waals surface area contributed by atoms with Crippen LogP contribution in [0.4, 0.5) is 5.13 Å². The summed E-state index contributed by atoms with van der Waals surface area (Å²) in [6.07, 6.45) is 1.59. The van der Waals surface area contributed by atoms with Gasteiger partial charge in [0.15, 0.2) is 4.34 Å². The van der Waals surface area contributed by atoms with E-state index in [0.29, 0.717) is 26.2 Å². The summed E-state index contributed by atoms with van der Waals surface area (Å²) in [6, 6.07) is 9.29. The van der Waals surface area contributed by atoms with E-state index in [9.17, 15) is 13.2 Å². The third-order valence-electron chi connectivity index (χ3n) is 4.24. The minimum atomic E-state index is -3.50. The summed E-state index contributed by atoms with van der Waals surface area (Å²) in [5.41, 5.74) is 0.830. The molecule has 1 saturated heterocycles. The van der Waals surface area contributed by atoms with Gasteiger partial charge < -0.3 is 10.2 Å².